The van der Waals surface area contributed by atoms with Gasteiger partial charge in [0.2, 0.25) is 0 Å². The van der Waals surface area contributed by atoms with Crippen LogP contribution in [0.3, 0.4) is 0 Å². The molecule has 2 rings (SSSR count). The van der Waals surface area contributed by atoms with E-state index in [1.807, 2.05) is 0 Å². The molecule has 0 aromatic heterocycles. The summed E-state index contributed by atoms with van der Waals surface area (Å²) in [6, 6.07) is 4.45. The minimum Gasteiger partial charge on any atom is -0.329 e. The Labute approximate surface area is 100.0 Å². The van der Waals surface area contributed by atoms with Crippen LogP contribution < -0.4 is 11.1 Å². The summed E-state index contributed by atoms with van der Waals surface area (Å²) in [6.45, 7) is 1.29. The highest BCUT2D eigenvalue weighted by atomic mass is 35.5. The van der Waals surface area contributed by atoms with Gasteiger partial charge in [-0.3, -0.25) is 0 Å². The predicted octanol–water partition coefficient (Wildman–Crippen LogP) is 2.48. The molecule has 88 valence electrons. The van der Waals surface area contributed by atoms with Crippen molar-refractivity contribution in [3.05, 3.63) is 34.6 Å². The second kappa shape index (κ2) is 5.13. The maximum atomic E-state index is 13.6. The molecule has 1 aliphatic carbocycles. The van der Waals surface area contributed by atoms with E-state index in [2.05, 4.69) is 5.32 Å². The fraction of sp³-hybridized carbons (Fsp3) is 0.500. The molecule has 1 aliphatic rings. The zero-order valence-corrected chi connectivity index (χ0v) is 9.80. The molecule has 0 amide bonds. The van der Waals surface area contributed by atoms with Gasteiger partial charge in [-0.1, -0.05) is 11.6 Å². The lowest BCUT2D eigenvalue weighted by molar-refractivity contribution is 0.494. The quantitative estimate of drug-likeness (QED) is 0.833. The van der Waals surface area contributed by atoms with Crippen LogP contribution in [-0.2, 0) is 0 Å². The Hall–Kier alpha value is -0.640. The van der Waals surface area contributed by atoms with E-state index in [0.29, 0.717) is 17.1 Å². The number of halogens is 2. The van der Waals surface area contributed by atoms with E-state index < -0.39 is 0 Å². The van der Waals surface area contributed by atoms with Crippen LogP contribution in [0.4, 0.5) is 4.39 Å². The van der Waals surface area contributed by atoms with E-state index in [1.54, 1.807) is 12.1 Å². The molecule has 0 saturated heterocycles. The highest BCUT2D eigenvalue weighted by Crippen LogP contribution is 2.29. The molecule has 0 aliphatic heterocycles. The Balaban J connectivity index is 2.07. The number of nitrogens with two attached hydrogens (primary N) is 1. The second-order valence-corrected chi connectivity index (χ2v) is 4.74. The molecule has 3 N–H and O–H groups in total. The average molecular weight is 243 g/mol. The maximum absolute atomic E-state index is 13.6. The largest absolute Gasteiger partial charge is 0.329 e. The molecule has 1 saturated carbocycles. The van der Waals surface area contributed by atoms with Gasteiger partial charge in [0.15, 0.2) is 0 Å². The van der Waals surface area contributed by atoms with Crippen molar-refractivity contribution in [1.82, 2.24) is 5.32 Å². The standard InChI is InChI=1S/C12H16ClFN2/c13-9-3-4-11(14)10(5-9)12(6-15)16-7-8-1-2-8/h3-5,8,12,16H,1-2,6-7,15H2. The monoisotopic (exact) mass is 242 g/mol. The fourth-order valence-electron chi connectivity index (χ4n) is 1.73. The number of benzene rings is 1. The lowest BCUT2D eigenvalue weighted by Gasteiger charge is -2.18. The topological polar surface area (TPSA) is 38.0 Å². The Bertz CT molecular complexity index is 366. The van der Waals surface area contributed by atoms with Crippen molar-refractivity contribution in [2.24, 2.45) is 11.7 Å². The van der Waals surface area contributed by atoms with Crippen molar-refractivity contribution in [2.75, 3.05) is 13.1 Å². The zero-order valence-electron chi connectivity index (χ0n) is 9.05. The number of rotatable bonds is 5. The van der Waals surface area contributed by atoms with Crippen molar-refractivity contribution < 1.29 is 4.39 Å². The van der Waals surface area contributed by atoms with Gasteiger partial charge in [0.05, 0.1) is 0 Å². The Morgan fingerprint density at radius 2 is 2.25 bits per heavy atom. The average Bonchev–Trinajstić information content (AvgIpc) is 3.07. The lowest BCUT2D eigenvalue weighted by atomic mass is 10.1. The molecule has 1 aromatic carbocycles. The van der Waals surface area contributed by atoms with Gasteiger partial charge in [-0.15, -0.1) is 0 Å². The first kappa shape index (κ1) is 11.8. The van der Waals surface area contributed by atoms with Crippen LogP contribution >= 0.6 is 11.6 Å². The molecular weight excluding hydrogens is 227 g/mol. The summed E-state index contributed by atoms with van der Waals surface area (Å²) in [6.07, 6.45) is 2.53. The van der Waals surface area contributed by atoms with E-state index in [4.69, 9.17) is 17.3 Å². The first-order valence-corrected chi connectivity index (χ1v) is 5.97. The molecule has 0 bridgehead atoms. The fourth-order valence-corrected chi connectivity index (χ4v) is 1.91. The van der Waals surface area contributed by atoms with Gasteiger partial charge >= 0.3 is 0 Å². The van der Waals surface area contributed by atoms with Gasteiger partial charge in [0, 0.05) is 23.2 Å². The summed E-state index contributed by atoms with van der Waals surface area (Å²) in [4.78, 5) is 0. The van der Waals surface area contributed by atoms with Crippen LogP contribution in [0.5, 0.6) is 0 Å². The van der Waals surface area contributed by atoms with Gasteiger partial charge in [0.25, 0.3) is 0 Å². The SMILES string of the molecule is NCC(NCC1CC1)c1cc(Cl)ccc1F. The van der Waals surface area contributed by atoms with E-state index in [-0.39, 0.29) is 11.9 Å². The van der Waals surface area contributed by atoms with E-state index in [9.17, 15) is 4.39 Å². The van der Waals surface area contributed by atoms with Crippen molar-refractivity contribution in [3.8, 4) is 0 Å². The normalized spacial score (nSPS) is 17.4. The van der Waals surface area contributed by atoms with Crippen molar-refractivity contribution >= 4 is 11.6 Å². The van der Waals surface area contributed by atoms with Gasteiger partial charge in [-0.2, -0.15) is 0 Å². The van der Waals surface area contributed by atoms with Crippen molar-refractivity contribution in [2.45, 2.75) is 18.9 Å². The molecule has 1 fully saturated rings. The lowest BCUT2D eigenvalue weighted by Crippen LogP contribution is -2.30. The Kier molecular flexibility index (Phi) is 3.79. The smallest absolute Gasteiger partial charge is 0.128 e. The summed E-state index contributed by atoms with van der Waals surface area (Å²) >= 11 is 5.86. The Morgan fingerprint density at radius 3 is 2.88 bits per heavy atom. The number of nitrogens with one attached hydrogen (secondary N) is 1. The Morgan fingerprint density at radius 1 is 1.50 bits per heavy atom. The molecule has 2 nitrogen and oxygen atoms in total. The van der Waals surface area contributed by atoms with Crippen LogP contribution in [0.2, 0.25) is 5.02 Å². The highest BCUT2D eigenvalue weighted by Gasteiger charge is 2.23. The summed E-state index contributed by atoms with van der Waals surface area (Å²) in [5.74, 6) is 0.499. The molecule has 16 heavy (non-hydrogen) atoms. The highest BCUT2D eigenvalue weighted by molar-refractivity contribution is 6.30. The molecule has 0 radical (unpaired) electrons. The minimum absolute atomic E-state index is 0.140. The summed E-state index contributed by atoms with van der Waals surface area (Å²) in [7, 11) is 0. The van der Waals surface area contributed by atoms with Crippen LogP contribution in [0, 0.1) is 11.7 Å². The van der Waals surface area contributed by atoms with Crippen molar-refractivity contribution in [1.29, 1.82) is 0 Å². The third-order valence-electron chi connectivity index (χ3n) is 2.92. The van der Waals surface area contributed by atoms with Gasteiger partial charge in [-0.25, -0.2) is 4.39 Å². The van der Waals surface area contributed by atoms with Crippen LogP contribution in [-0.4, -0.2) is 13.1 Å². The summed E-state index contributed by atoms with van der Waals surface area (Å²) in [5.41, 5.74) is 6.22. The number of hydrogen-bond acceptors (Lipinski definition) is 2. The van der Waals surface area contributed by atoms with E-state index in [1.165, 1.54) is 18.9 Å². The molecule has 1 unspecified atom stereocenters. The second-order valence-electron chi connectivity index (χ2n) is 4.31. The van der Waals surface area contributed by atoms with Gasteiger partial charge < -0.3 is 11.1 Å². The minimum atomic E-state index is -0.247. The first-order chi connectivity index (χ1) is 7.70. The molecule has 1 aromatic rings. The van der Waals surface area contributed by atoms with Crippen molar-refractivity contribution in [3.63, 3.8) is 0 Å². The van der Waals surface area contributed by atoms with Crippen LogP contribution in [0.1, 0.15) is 24.4 Å². The maximum Gasteiger partial charge on any atom is 0.128 e. The third kappa shape index (κ3) is 2.94. The third-order valence-corrected chi connectivity index (χ3v) is 3.15. The summed E-state index contributed by atoms with van der Waals surface area (Å²) < 4.78 is 13.6. The van der Waals surface area contributed by atoms with Crippen LogP contribution in [0.25, 0.3) is 0 Å². The molecule has 0 spiro atoms. The van der Waals surface area contributed by atoms with Crippen LogP contribution in [0.15, 0.2) is 18.2 Å². The number of hydrogen-bond donors (Lipinski definition) is 2. The molecule has 0 heterocycles. The molecular formula is C12H16ClFN2. The van der Waals surface area contributed by atoms with E-state index in [0.717, 1.165) is 12.5 Å². The van der Waals surface area contributed by atoms with E-state index >= 15 is 0 Å². The molecule has 1 atom stereocenters. The predicted molar refractivity (Wildman–Crippen MR) is 63.9 cm³/mol. The zero-order chi connectivity index (χ0) is 11.5. The summed E-state index contributed by atoms with van der Waals surface area (Å²) in [5, 5.41) is 3.84. The van der Waals surface area contributed by atoms with Gasteiger partial charge in [-0.05, 0) is 43.5 Å². The molecule has 4 heteroatoms. The first-order valence-electron chi connectivity index (χ1n) is 5.59. The van der Waals surface area contributed by atoms with Gasteiger partial charge in [0.1, 0.15) is 5.82 Å².